The molecule has 0 spiro atoms. The van der Waals surface area contributed by atoms with E-state index >= 15 is 0 Å². The molecule has 0 unspecified atom stereocenters. The van der Waals surface area contributed by atoms with Gasteiger partial charge in [0.1, 0.15) is 0 Å². The van der Waals surface area contributed by atoms with E-state index in [1.807, 2.05) is 6.08 Å². The summed E-state index contributed by atoms with van der Waals surface area (Å²) in [5, 5.41) is 3.47. The monoisotopic (exact) mass is 173 g/mol. The molecule has 13 heavy (non-hydrogen) atoms. The normalized spacial score (nSPS) is 14.5. The van der Waals surface area contributed by atoms with Gasteiger partial charge in [0.05, 0.1) is 0 Å². The number of allylic oxidation sites excluding steroid dienone is 1. The van der Waals surface area contributed by atoms with Gasteiger partial charge >= 0.3 is 0 Å². The van der Waals surface area contributed by atoms with Crippen molar-refractivity contribution < 1.29 is 0 Å². The molecule has 0 amide bonds. The summed E-state index contributed by atoms with van der Waals surface area (Å²) >= 11 is 0. The van der Waals surface area contributed by atoms with Crippen LogP contribution in [-0.4, -0.2) is 6.54 Å². The highest BCUT2D eigenvalue weighted by Crippen LogP contribution is 2.26. The van der Waals surface area contributed by atoms with E-state index in [9.17, 15) is 0 Å². The highest BCUT2D eigenvalue weighted by atomic mass is 14.9. The van der Waals surface area contributed by atoms with Crippen molar-refractivity contribution in [2.24, 2.45) is 0 Å². The minimum Gasteiger partial charge on any atom is -0.385 e. The summed E-state index contributed by atoms with van der Waals surface area (Å²) in [6.45, 7) is 4.89. The fourth-order valence-corrected chi connectivity index (χ4v) is 1.91. The predicted molar refractivity (Wildman–Crippen MR) is 57.2 cm³/mol. The minimum atomic E-state index is 0.968. The Hall–Kier alpha value is -1.24. The van der Waals surface area contributed by atoms with Gasteiger partial charge in [0.2, 0.25) is 0 Å². The van der Waals surface area contributed by atoms with Crippen molar-refractivity contribution in [3.05, 3.63) is 42.0 Å². The second-order valence-electron chi connectivity index (χ2n) is 3.47. The van der Waals surface area contributed by atoms with Gasteiger partial charge in [-0.3, -0.25) is 0 Å². The van der Waals surface area contributed by atoms with Crippen LogP contribution in [0.3, 0.4) is 0 Å². The number of nitrogens with one attached hydrogen (secondary N) is 1. The summed E-state index contributed by atoms with van der Waals surface area (Å²) in [4.78, 5) is 0. The Balaban J connectivity index is 2.39. The van der Waals surface area contributed by atoms with Gasteiger partial charge in [-0.15, -0.1) is 6.58 Å². The number of aryl methyl sites for hydroxylation is 1. The maximum absolute atomic E-state index is 3.78. The molecule has 0 saturated carbocycles. The molecule has 1 aromatic carbocycles. The first kappa shape index (κ1) is 8.36. The van der Waals surface area contributed by atoms with E-state index < -0.39 is 0 Å². The molecule has 2 rings (SSSR count). The summed E-state index contributed by atoms with van der Waals surface area (Å²) in [5.74, 6) is 0. The Bertz CT molecular complexity index is 315. The zero-order chi connectivity index (χ0) is 9.10. The molecular formula is C12H15N. The third-order valence-electron chi connectivity index (χ3n) is 2.53. The van der Waals surface area contributed by atoms with Crippen LogP contribution in [0.15, 0.2) is 30.9 Å². The Kier molecular flexibility index (Phi) is 2.35. The van der Waals surface area contributed by atoms with Gasteiger partial charge in [0.25, 0.3) is 0 Å². The van der Waals surface area contributed by atoms with Crippen molar-refractivity contribution in [2.75, 3.05) is 11.9 Å². The van der Waals surface area contributed by atoms with Gasteiger partial charge in [-0.1, -0.05) is 24.3 Å². The van der Waals surface area contributed by atoms with E-state index in [1.54, 1.807) is 0 Å². The molecule has 0 bridgehead atoms. The molecule has 1 aromatic rings. The lowest BCUT2D eigenvalue weighted by Crippen LogP contribution is -2.13. The zero-order valence-electron chi connectivity index (χ0n) is 7.84. The molecule has 68 valence electrons. The second kappa shape index (κ2) is 3.65. The van der Waals surface area contributed by atoms with Crippen LogP contribution in [-0.2, 0) is 12.8 Å². The van der Waals surface area contributed by atoms with Crippen LogP contribution in [0.1, 0.15) is 17.5 Å². The number of hydrogen-bond acceptors (Lipinski definition) is 1. The molecule has 1 N–H and O–H groups in total. The van der Waals surface area contributed by atoms with Gasteiger partial charge in [0.15, 0.2) is 0 Å². The third kappa shape index (κ3) is 1.59. The third-order valence-corrected chi connectivity index (χ3v) is 2.53. The highest BCUT2D eigenvalue weighted by molar-refractivity contribution is 5.59. The van der Waals surface area contributed by atoms with Crippen LogP contribution in [0, 0.1) is 0 Å². The first-order valence-electron chi connectivity index (χ1n) is 4.87. The Morgan fingerprint density at radius 3 is 3.23 bits per heavy atom. The average molecular weight is 173 g/mol. The summed E-state index contributed by atoms with van der Waals surface area (Å²) in [5.41, 5.74) is 4.20. The van der Waals surface area contributed by atoms with Crippen LogP contribution in [0.25, 0.3) is 0 Å². The van der Waals surface area contributed by atoms with E-state index in [1.165, 1.54) is 29.7 Å². The van der Waals surface area contributed by atoms with Gasteiger partial charge in [-0.05, 0) is 30.4 Å². The first-order valence-corrected chi connectivity index (χ1v) is 4.87. The SMILES string of the molecule is C=CCc1cccc2c1NCCC2. The van der Waals surface area contributed by atoms with Crippen LogP contribution >= 0.6 is 0 Å². The summed E-state index contributed by atoms with van der Waals surface area (Å²) < 4.78 is 0. The van der Waals surface area contributed by atoms with Gasteiger partial charge < -0.3 is 5.32 Å². The maximum atomic E-state index is 3.78. The number of anilines is 1. The van der Waals surface area contributed by atoms with E-state index in [-0.39, 0.29) is 0 Å². The van der Waals surface area contributed by atoms with Crippen molar-refractivity contribution in [1.82, 2.24) is 0 Å². The molecule has 0 radical (unpaired) electrons. The van der Waals surface area contributed by atoms with Crippen LogP contribution in [0.2, 0.25) is 0 Å². The molecule has 1 nitrogen and oxygen atoms in total. The Morgan fingerprint density at radius 1 is 1.46 bits per heavy atom. The molecule has 0 fully saturated rings. The fourth-order valence-electron chi connectivity index (χ4n) is 1.91. The molecular weight excluding hydrogens is 158 g/mol. The van der Waals surface area contributed by atoms with Crippen LogP contribution < -0.4 is 5.32 Å². The topological polar surface area (TPSA) is 12.0 Å². The fraction of sp³-hybridized carbons (Fsp3) is 0.333. The lowest BCUT2D eigenvalue weighted by Gasteiger charge is -2.20. The highest BCUT2D eigenvalue weighted by Gasteiger charge is 2.10. The van der Waals surface area contributed by atoms with Crippen LogP contribution in [0.4, 0.5) is 5.69 Å². The lowest BCUT2D eigenvalue weighted by atomic mass is 9.98. The molecule has 0 aliphatic carbocycles. The van der Waals surface area contributed by atoms with Crippen molar-refractivity contribution in [2.45, 2.75) is 19.3 Å². The standard InChI is InChI=1S/C12H15N/c1-2-5-10-6-3-7-11-8-4-9-13-12(10)11/h2-3,6-7,13H,1,4-5,8-9H2. The lowest BCUT2D eigenvalue weighted by molar-refractivity contribution is 0.826. The van der Waals surface area contributed by atoms with Gasteiger partial charge in [-0.25, -0.2) is 0 Å². The predicted octanol–water partition coefficient (Wildman–Crippen LogP) is 2.77. The minimum absolute atomic E-state index is 0.968. The molecule has 0 saturated heterocycles. The molecule has 1 heterocycles. The van der Waals surface area contributed by atoms with Gasteiger partial charge in [-0.2, -0.15) is 0 Å². The molecule has 0 aromatic heterocycles. The smallest absolute Gasteiger partial charge is 0.0408 e. The zero-order valence-corrected chi connectivity index (χ0v) is 7.84. The molecule has 0 atom stereocenters. The summed E-state index contributed by atoms with van der Waals surface area (Å²) in [6.07, 6.45) is 5.40. The van der Waals surface area contributed by atoms with Crippen molar-refractivity contribution in [3.63, 3.8) is 0 Å². The average Bonchev–Trinajstić information content (AvgIpc) is 2.19. The number of hydrogen-bond donors (Lipinski definition) is 1. The number of benzene rings is 1. The van der Waals surface area contributed by atoms with E-state index in [0.717, 1.165) is 13.0 Å². The van der Waals surface area contributed by atoms with Crippen molar-refractivity contribution in [3.8, 4) is 0 Å². The second-order valence-corrected chi connectivity index (χ2v) is 3.47. The van der Waals surface area contributed by atoms with Crippen molar-refractivity contribution in [1.29, 1.82) is 0 Å². The summed E-state index contributed by atoms with van der Waals surface area (Å²) in [7, 11) is 0. The quantitative estimate of drug-likeness (QED) is 0.678. The van der Waals surface area contributed by atoms with Crippen LogP contribution in [0.5, 0.6) is 0 Å². The molecule has 1 heteroatoms. The number of rotatable bonds is 2. The Morgan fingerprint density at radius 2 is 2.38 bits per heavy atom. The number of para-hydroxylation sites is 1. The summed E-state index contributed by atoms with van der Waals surface area (Å²) in [6, 6.07) is 6.54. The van der Waals surface area contributed by atoms with E-state index in [2.05, 4.69) is 30.1 Å². The number of fused-ring (bicyclic) bond motifs is 1. The molecule has 1 aliphatic heterocycles. The van der Waals surface area contributed by atoms with Crippen molar-refractivity contribution >= 4 is 5.69 Å². The van der Waals surface area contributed by atoms with E-state index in [0.29, 0.717) is 0 Å². The Labute approximate surface area is 79.5 Å². The maximum Gasteiger partial charge on any atom is 0.0408 e. The van der Waals surface area contributed by atoms with Gasteiger partial charge in [0, 0.05) is 12.2 Å². The largest absolute Gasteiger partial charge is 0.385 e. The molecule has 1 aliphatic rings. The van der Waals surface area contributed by atoms with E-state index in [4.69, 9.17) is 0 Å². The first-order chi connectivity index (χ1) is 6.42.